The molecule has 0 fully saturated rings. The number of hydrogen-bond donors (Lipinski definition) is 2. The number of rotatable bonds is 2. The van der Waals surface area contributed by atoms with Gasteiger partial charge in [-0.2, -0.15) is 5.10 Å². The molecule has 1 aromatic rings. The van der Waals surface area contributed by atoms with Gasteiger partial charge in [0, 0.05) is 0 Å². The number of amides is 2. The van der Waals surface area contributed by atoms with E-state index in [0.29, 0.717) is 5.71 Å². The Kier molecular flexibility index (Phi) is 3.77. The molecule has 5 nitrogen and oxygen atoms in total. The van der Waals surface area contributed by atoms with Crippen LogP contribution in [0.15, 0.2) is 29.4 Å². The summed E-state index contributed by atoms with van der Waals surface area (Å²) in [4.78, 5) is 21.3. The van der Waals surface area contributed by atoms with Crippen LogP contribution in [0.4, 0.5) is 0 Å². The van der Waals surface area contributed by atoms with Crippen molar-refractivity contribution in [3.8, 4) is 0 Å². The highest BCUT2D eigenvalue weighted by Gasteiger charge is 2.06. The van der Waals surface area contributed by atoms with Gasteiger partial charge in [0.2, 0.25) is 0 Å². The molecule has 0 saturated carbocycles. The third-order valence-corrected chi connectivity index (χ3v) is 1.98. The highest BCUT2D eigenvalue weighted by molar-refractivity contribution is 6.34. The summed E-state index contributed by atoms with van der Waals surface area (Å²) in [5.74, 6) is -1.98. The molecule has 0 aliphatic carbocycles. The summed E-state index contributed by atoms with van der Waals surface area (Å²) >= 11 is 0. The average Bonchev–Trinajstić information content (AvgIpc) is 2.25. The van der Waals surface area contributed by atoms with Crippen LogP contribution < -0.4 is 11.2 Å². The van der Waals surface area contributed by atoms with Gasteiger partial charge in [0.25, 0.3) is 0 Å². The van der Waals surface area contributed by atoms with Crippen molar-refractivity contribution in [1.82, 2.24) is 5.43 Å². The number of nitrogens with one attached hydrogen (secondary N) is 1. The number of carbonyl (C=O) groups excluding carboxylic acids is 2. The summed E-state index contributed by atoms with van der Waals surface area (Å²) in [7, 11) is 0. The van der Waals surface area contributed by atoms with Crippen molar-refractivity contribution in [2.45, 2.75) is 13.8 Å². The lowest BCUT2D eigenvalue weighted by Gasteiger charge is -2.02. The highest BCUT2D eigenvalue weighted by Crippen LogP contribution is 2.04. The summed E-state index contributed by atoms with van der Waals surface area (Å²) in [6.45, 7) is 3.69. The number of primary amides is 1. The fraction of sp³-hybridized carbons (Fsp3) is 0.182. The fourth-order valence-electron chi connectivity index (χ4n) is 1.12. The Morgan fingerprint density at radius 3 is 2.62 bits per heavy atom. The molecule has 0 bridgehead atoms. The minimum absolute atomic E-state index is 0.610. The second kappa shape index (κ2) is 5.06. The van der Waals surface area contributed by atoms with Crippen LogP contribution >= 0.6 is 0 Å². The van der Waals surface area contributed by atoms with Crippen molar-refractivity contribution in [3.05, 3.63) is 35.4 Å². The smallest absolute Gasteiger partial charge is 0.329 e. The van der Waals surface area contributed by atoms with Crippen molar-refractivity contribution in [1.29, 1.82) is 0 Å². The van der Waals surface area contributed by atoms with E-state index in [1.165, 1.54) is 0 Å². The minimum Gasteiger partial charge on any atom is -0.361 e. The third kappa shape index (κ3) is 3.20. The lowest BCUT2D eigenvalue weighted by molar-refractivity contribution is -0.137. The van der Waals surface area contributed by atoms with Gasteiger partial charge in [0.15, 0.2) is 0 Å². The first-order valence-electron chi connectivity index (χ1n) is 4.72. The molecule has 0 aliphatic rings. The zero-order chi connectivity index (χ0) is 12.1. The molecule has 0 aromatic heterocycles. The van der Waals surface area contributed by atoms with Gasteiger partial charge >= 0.3 is 11.8 Å². The molecular weight excluding hydrogens is 206 g/mol. The van der Waals surface area contributed by atoms with Crippen molar-refractivity contribution >= 4 is 17.5 Å². The number of hydrazone groups is 1. The first-order valence-corrected chi connectivity index (χ1v) is 4.72. The number of carbonyl (C=O) groups is 2. The van der Waals surface area contributed by atoms with Crippen molar-refractivity contribution in [2.75, 3.05) is 0 Å². The van der Waals surface area contributed by atoms with E-state index in [9.17, 15) is 9.59 Å². The van der Waals surface area contributed by atoms with Crippen LogP contribution in [0.3, 0.4) is 0 Å². The zero-order valence-electron chi connectivity index (χ0n) is 9.15. The fourth-order valence-corrected chi connectivity index (χ4v) is 1.12. The van der Waals surface area contributed by atoms with Gasteiger partial charge in [-0.3, -0.25) is 9.59 Å². The molecular formula is C11H13N3O2. The molecule has 16 heavy (non-hydrogen) atoms. The topological polar surface area (TPSA) is 84.6 Å². The molecule has 0 atom stereocenters. The number of nitrogens with zero attached hydrogens (tertiary/aromatic N) is 1. The zero-order valence-corrected chi connectivity index (χ0v) is 9.15. The van der Waals surface area contributed by atoms with Crippen LogP contribution in [0.2, 0.25) is 0 Å². The maximum absolute atomic E-state index is 10.9. The second-order valence-corrected chi connectivity index (χ2v) is 3.37. The van der Waals surface area contributed by atoms with Gasteiger partial charge in [-0.25, -0.2) is 5.43 Å². The predicted molar refractivity (Wildman–Crippen MR) is 60.7 cm³/mol. The Morgan fingerprint density at radius 2 is 2.06 bits per heavy atom. The lowest BCUT2D eigenvalue weighted by Crippen LogP contribution is -2.33. The number of hydrogen-bond acceptors (Lipinski definition) is 3. The molecule has 0 aliphatic heterocycles. The molecule has 0 saturated heterocycles. The Balaban J connectivity index is 2.78. The molecule has 84 valence electrons. The van der Waals surface area contributed by atoms with E-state index >= 15 is 0 Å². The normalized spacial score (nSPS) is 11.0. The van der Waals surface area contributed by atoms with Crippen LogP contribution in [0.1, 0.15) is 18.1 Å². The molecule has 5 heteroatoms. The molecule has 0 spiro atoms. The van der Waals surface area contributed by atoms with Gasteiger partial charge in [0.1, 0.15) is 0 Å². The predicted octanol–water partition coefficient (Wildman–Crippen LogP) is 0.321. The number of nitrogens with two attached hydrogens (primary N) is 1. The van der Waals surface area contributed by atoms with E-state index in [0.717, 1.165) is 11.1 Å². The first-order chi connectivity index (χ1) is 7.50. The number of benzene rings is 1. The van der Waals surface area contributed by atoms with Crippen molar-refractivity contribution < 1.29 is 9.59 Å². The maximum Gasteiger partial charge on any atom is 0.329 e. The molecule has 1 aromatic carbocycles. The van der Waals surface area contributed by atoms with Crippen LogP contribution in [0.5, 0.6) is 0 Å². The van der Waals surface area contributed by atoms with Gasteiger partial charge in [0.05, 0.1) is 5.71 Å². The summed E-state index contributed by atoms with van der Waals surface area (Å²) in [5, 5.41) is 3.77. The second-order valence-electron chi connectivity index (χ2n) is 3.37. The molecule has 0 unspecified atom stereocenters. The number of aryl methyl sites for hydroxylation is 1. The van der Waals surface area contributed by atoms with Gasteiger partial charge in [-0.1, -0.05) is 29.8 Å². The molecule has 1 rings (SSSR count). The first kappa shape index (κ1) is 11.9. The monoisotopic (exact) mass is 219 g/mol. The average molecular weight is 219 g/mol. The third-order valence-electron chi connectivity index (χ3n) is 1.98. The van der Waals surface area contributed by atoms with Crippen LogP contribution in [-0.4, -0.2) is 17.5 Å². The van der Waals surface area contributed by atoms with Gasteiger partial charge < -0.3 is 5.73 Å². The van der Waals surface area contributed by atoms with Gasteiger partial charge in [-0.05, 0) is 19.4 Å². The Morgan fingerprint density at radius 1 is 1.38 bits per heavy atom. The molecule has 3 N–H and O–H groups in total. The lowest BCUT2D eigenvalue weighted by atomic mass is 10.1. The minimum atomic E-state index is -1.05. The van der Waals surface area contributed by atoms with Crippen LogP contribution in [0, 0.1) is 6.92 Å². The van der Waals surface area contributed by atoms with E-state index in [-0.39, 0.29) is 0 Å². The van der Waals surface area contributed by atoms with E-state index in [1.807, 2.05) is 31.2 Å². The summed E-state index contributed by atoms with van der Waals surface area (Å²) in [6.07, 6.45) is 0. The Bertz CT molecular complexity index is 452. The van der Waals surface area contributed by atoms with Crippen LogP contribution in [0.25, 0.3) is 0 Å². The standard InChI is InChI=1S/C11H13N3O2/c1-7-4-3-5-9(6-7)8(2)13-14-11(16)10(12)15/h3-6H,1-2H3,(H2,12,15)(H,14,16)/b13-8+. The van der Waals surface area contributed by atoms with Crippen LogP contribution in [-0.2, 0) is 9.59 Å². The van der Waals surface area contributed by atoms with E-state index in [2.05, 4.69) is 10.5 Å². The Hall–Kier alpha value is -2.17. The van der Waals surface area contributed by atoms with Gasteiger partial charge in [-0.15, -0.1) is 0 Å². The maximum atomic E-state index is 10.9. The summed E-state index contributed by atoms with van der Waals surface area (Å²) < 4.78 is 0. The molecule has 2 amide bonds. The quantitative estimate of drug-likeness (QED) is 0.426. The van der Waals surface area contributed by atoms with E-state index in [1.54, 1.807) is 6.92 Å². The molecule has 0 radical (unpaired) electrons. The van der Waals surface area contributed by atoms with E-state index < -0.39 is 11.8 Å². The van der Waals surface area contributed by atoms with Crippen molar-refractivity contribution in [3.63, 3.8) is 0 Å². The largest absolute Gasteiger partial charge is 0.361 e. The van der Waals surface area contributed by atoms with Crippen molar-refractivity contribution in [2.24, 2.45) is 10.8 Å². The highest BCUT2D eigenvalue weighted by atomic mass is 16.2. The van der Waals surface area contributed by atoms with E-state index in [4.69, 9.17) is 5.73 Å². The molecule has 0 heterocycles. The summed E-state index contributed by atoms with van der Waals surface area (Å²) in [5.41, 5.74) is 9.42. The Labute approximate surface area is 93.3 Å². The summed E-state index contributed by atoms with van der Waals surface area (Å²) in [6, 6.07) is 7.63. The SMILES string of the molecule is C/C(=N\NC(=O)C(N)=O)c1cccc(C)c1.